The first-order chi connectivity index (χ1) is 15.8. The minimum atomic E-state index is -2.07. The van der Waals surface area contributed by atoms with Gasteiger partial charge >= 0.3 is 11.9 Å². The molecule has 0 amide bonds. The molecule has 1 aromatic rings. The molecule has 1 unspecified atom stereocenters. The van der Waals surface area contributed by atoms with E-state index in [9.17, 15) is 9.59 Å². The molecular weight excluding hydrogens is 596 g/mol. The third kappa shape index (κ3) is 7.82. The van der Waals surface area contributed by atoms with Crippen molar-refractivity contribution in [3.8, 4) is 0 Å². The molecule has 1 heterocycles. The van der Waals surface area contributed by atoms with Gasteiger partial charge in [0.25, 0.3) is 0 Å². The summed E-state index contributed by atoms with van der Waals surface area (Å²) in [6.07, 6.45) is -1.33. The van der Waals surface area contributed by atoms with Crippen LogP contribution in [0.1, 0.15) is 19.4 Å². The predicted octanol–water partition coefficient (Wildman–Crippen LogP) is 5.30. The number of hydrogen-bond donors (Lipinski definition) is 0. The van der Waals surface area contributed by atoms with Gasteiger partial charge in [-0.1, -0.05) is 81.7 Å². The number of carbonyl (C=O) groups is 2. The number of rotatable bonds is 8. The van der Waals surface area contributed by atoms with E-state index in [1.165, 1.54) is 4.90 Å². The minimum absolute atomic E-state index is 0.00244. The van der Waals surface area contributed by atoms with Crippen LogP contribution >= 0.6 is 81.4 Å². The second kappa shape index (κ2) is 12.4. The van der Waals surface area contributed by atoms with Gasteiger partial charge in [0.05, 0.1) is 13.2 Å². The number of alkyl halides is 6. The van der Waals surface area contributed by atoms with Crippen molar-refractivity contribution in [3.63, 3.8) is 0 Å². The number of anilines is 1. The molecule has 0 aromatic heterocycles. The summed E-state index contributed by atoms with van der Waals surface area (Å²) in [6.45, 7) is 3.08. The summed E-state index contributed by atoms with van der Waals surface area (Å²) >= 11 is 42.7. The number of halogens is 7. The molecule has 0 spiro atoms. The van der Waals surface area contributed by atoms with Crippen LogP contribution in [0.4, 0.5) is 5.69 Å². The molecule has 1 aliphatic rings. The number of aliphatic imine (C=N–C) groups is 2. The SMILES string of the molecule is CCOC(=O)CN(CC(=O)OCC)c1ccccc1C1=NC(C(Cl)(Cl)Cl)=NC(C(Cl)(Cl)Cl)N1Cl. The summed E-state index contributed by atoms with van der Waals surface area (Å²) in [6, 6.07) is 6.60. The van der Waals surface area contributed by atoms with Crippen LogP contribution in [0.5, 0.6) is 0 Å². The highest BCUT2D eigenvalue weighted by molar-refractivity contribution is 6.77. The zero-order valence-corrected chi connectivity index (χ0v) is 23.1. The Hall–Kier alpha value is -0.870. The number of carbonyl (C=O) groups excluding carboxylic acids is 2. The Morgan fingerprint density at radius 1 is 1.00 bits per heavy atom. The summed E-state index contributed by atoms with van der Waals surface area (Å²) in [4.78, 5) is 34.3. The fourth-order valence-corrected chi connectivity index (χ4v) is 4.04. The molecular formula is C19H19Cl7N4O4. The van der Waals surface area contributed by atoms with Gasteiger partial charge in [0, 0.05) is 23.0 Å². The van der Waals surface area contributed by atoms with E-state index in [1.54, 1.807) is 38.1 Å². The molecule has 0 saturated heterocycles. The van der Waals surface area contributed by atoms with E-state index in [1.807, 2.05) is 0 Å². The van der Waals surface area contributed by atoms with Crippen LogP contribution < -0.4 is 4.90 Å². The van der Waals surface area contributed by atoms with E-state index in [0.29, 0.717) is 11.3 Å². The van der Waals surface area contributed by atoms with Crippen LogP contribution in [0.3, 0.4) is 0 Å². The number of para-hydroxylation sites is 1. The molecule has 15 heteroatoms. The van der Waals surface area contributed by atoms with Crippen LogP contribution in [0, 0.1) is 0 Å². The van der Waals surface area contributed by atoms with Gasteiger partial charge in [0.15, 0.2) is 17.8 Å². The lowest BCUT2D eigenvalue weighted by molar-refractivity contribution is -0.142. The summed E-state index contributed by atoms with van der Waals surface area (Å²) in [5.41, 5.74) is 0.689. The first-order valence-electron chi connectivity index (χ1n) is 9.70. The van der Waals surface area contributed by atoms with Gasteiger partial charge in [-0.05, 0) is 26.0 Å². The second-order valence-corrected chi connectivity index (χ2v) is 11.6. The van der Waals surface area contributed by atoms with Crippen LogP contribution in [-0.4, -0.2) is 68.1 Å². The van der Waals surface area contributed by atoms with Gasteiger partial charge in [-0.25, -0.2) is 14.4 Å². The third-order valence-corrected chi connectivity index (χ3v) is 5.59. The van der Waals surface area contributed by atoms with Crippen molar-refractivity contribution in [2.75, 3.05) is 31.2 Å². The molecule has 0 radical (unpaired) electrons. The van der Waals surface area contributed by atoms with E-state index in [0.717, 1.165) is 4.42 Å². The maximum atomic E-state index is 12.3. The molecule has 1 aliphatic heterocycles. The summed E-state index contributed by atoms with van der Waals surface area (Å²) in [5.74, 6) is -1.42. The van der Waals surface area contributed by atoms with E-state index in [4.69, 9.17) is 90.9 Å². The molecule has 0 N–H and O–H groups in total. The Kier molecular flexibility index (Phi) is 10.7. The standard InChI is InChI=1S/C19H19Cl7N4O4/c1-3-33-13(31)9-29(10-14(32)34-4-2)12-8-6-5-7-11(12)15-27-16(18(20,21)22)28-17(30(15)26)19(23,24)25/h5-8,17H,3-4,9-10H2,1-2H3. The lowest BCUT2D eigenvalue weighted by Crippen LogP contribution is -2.46. The maximum Gasteiger partial charge on any atom is 0.325 e. The number of esters is 2. The van der Waals surface area contributed by atoms with Crippen molar-refractivity contribution in [2.24, 2.45) is 9.98 Å². The first kappa shape index (κ1) is 29.4. The van der Waals surface area contributed by atoms with Crippen molar-refractivity contribution in [1.29, 1.82) is 0 Å². The number of nitrogens with zero attached hydrogens (tertiary/aromatic N) is 4. The maximum absolute atomic E-state index is 12.3. The van der Waals surface area contributed by atoms with Gasteiger partial charge < -0.3 is 14.4 Å². The van der Waals surface area contributed by atoms with E-state index >= 15 is 0 Å². The fraction of sp³-hybridized carbons (Fsp3) is 0.474. The second-order valence-electron chi connectivity index (χ2n) is 6.60. The van der Waals surface area contributed by atoms with Gasteiger partial charge in [-0.3, -0.25) is 9.59 Å². The number of ether oxygens (including phenoxy) is 2. The Balaban J connectivity index is 2.62. The Bertz CT molecular complexity index is 943. The third-order valence-electron chi connectivity index (χ3n) is 4.16. The average molecular weight is 616 g/mol. The molecule has 0 bridgehead atoms. The van der Waals surface area contributed by atoms with Crippen LogP contribution in [0.25, 0.3) is 0 Å². The van der Waals surface area contributed by atoms with Gasteiger partial charge in [0.2, 0.25) is 7.59 Å². The van der Waals surface area contributed by atoms with Crippen molar-refractivity contribution in [2.45, 2.75) is 27.6 Å². The van der Waals surface area contributed by atoms with E-state index < -0.39 is 25.7 Å². The molecule has 34 heavy (non-hydrogen) atoms. The highest BCUT2D eigenvalue weighted by atomic mass is 35.6. The normalized spacial score (nSPS) is 16.5. The number of benzene rings is 1. The Labute approximate surface area is 231 Å². The van der Waals surface area contributed by atoms with Crippen molar-refractivity contribution in [1.82, 2.24) is 4.42 Å². The van der Waals surface area contributed by atoms with Crippen LogP contribution in [-0.2, 0) is 19.1 Å². The van der Waals surface area contributed by atoms with Gasteiger partial charge in [0.1, 0.15) is 13.1 Å². The highest BCUT2D eigenvalue weighted by Crippen LogP contribution is 2.41. The highest BCUT2D eigenvalue weighted by Gasteiger charge is 2.45. The molecule has 8 nitrogen and oxygen atoms in total. The number of amidine groups is 2. The number of hydrogen-bond acceptors (Lipinski definition) is 8. The Morgan fingerprint density at radius 2 is 1.53 bits per heavy atom. The van der Waals surface area contributed by atoms with Gasteiger partial charge in [-0.15, -0.1) is 0 Å². The summed E-state index contributed by atoms with van der Waals surface area (Å²) in [5, 5.41) is 0. The zero-order chi connectivity index (χ0) is 25.7. The molecule has 1 aromatic carbocycles. The smallest absolute Gasteiger partial charge is 0.325 e. The van der Waals surface area contributed by atoms with Gasteiger partial charge in [-0.2, -0.15) is 0 Å². The first-order valence-corrected chi connectivity index (χ1v) is 12.3. The minimum Gasteiger partial charge on any atom is -0.465 e. The fourth-order valence-electron chi connectivity index (χ4n) is 2.86. The monoisotopic (exact) mass is 612 g/mol. The van der Waals surface area contributed by atoms with Crippen molar-refractivity contribution >= 4 is 111 Å². The quantitative estimate of drug-likeness (QED) is 0.224. The lowest BCUT2D eigenvalue weighted by Gasteiger charge is -2.35. The average Bonchev–Trinajstić information content (AvgIpc) is 2.72. The van der Waals surface area contributed by atoms with E-state index in [2.05, 4.69) is 9.98 Å². The topological polar surface area (TPSA) is 83.8 Å². The van der Waals surface area contributed by atoms with Crippen molar-refractivity contribution < 1.29 is 19.1 Å². The zero-order valence-electron chi connectivity index (χ0n) is 17.8. The van der Waals surface area contributed by atoms with Crippen molar-refractivity contribution in [3.05, 3.63) is 29.8 Å². The van der Waals surface area contributed by atoms with Crippen LogP contribution in [0.2, 0.25) is 0 Å². The summed E-state index contributed by atoms with van der Waals surface area (Å²) < 4.78 is 6.95. The molecule has 2 rings (SSSR count). The molecule has 0 aliphatic carbocycles. The van der Waals surface area contributed by atoms with Crippen LogP contribution in [0.15, 0.2) is 34.3 Å². The molecule has 0 fully saturated rings. The van der Waals surface area contributed by atoms with E-state index in [-0.39, 0.29) is 38.0 Å². The summed E-state index contributed by atoms with van der Waals surface area (Å²) in [7, 11) is 0. The predicted molar refractivity (Wildman–Crippen MR) is 138 cm³/mol. The Morgan fingerprint density at radius 3 is 2.00 bits per heavy atom. The lowest BCUT2D eigenvalue weighted by atomic mass is 10.1. The largest absolute Gasteiger partial charge is 0.465 e. The molecule has 0 saturated carbocycles. The molecule has 188 valence electrons. The molecule has 1 atom stereocenters.